The van der Waals surface area contributed by atoms with Crippen LogP contribution in [0.3, 0.4) is 0 Å². The van der Waals surface area contributed by atoms with Crippen LogP contribution >= 0.6 is 0 Å². The van der Waals surface area contributed by atoms with Crippen molar-refractivity contribution in [2.75, 3.05) is 13.1 Å². The molecule has 94 valence electrons. The van der Waals surface area contributed by atoms with Crippen molar-refractivity contribution in [3.8, 4) is 0 Å². The third-order valence-corrected chi connectivity index (χ3v) is 2.93. The first-order valence-electron chi connectivity index (χ1n) is 6.08. The lowest BCUT2D eigenvalue weighted by atomic mass is 10.0. The van der Waals surface area contributed by atoms with E-state index in [4.69, 9.17) is 0 Å². The van der Waals surface area contributed by atoms with Gasteiger partial charge in [-0.3, -0.25) is 4.79 Å². The van der Waals surface area contributed by atoms with Crippen LogP contribution in [0.25, 0.3) is 0 Å². The molecule has 3 nitrogen and oxygen atoms in total. The molecule has 0 heterocycles. The number of carbonyl (C=O) groups excluding carboxylic acids is 1. The molecule has 0 saturated carbocycles. The first kappa shape index (κ1) is 13.7. The van der Waals surface area contributed by atoms with Crippen LogP contribution in [0.5, 0.6) is 0 Å². The highest BCUT2D eigenvalue weighted by molar-refractivity contribution is 5.77. The molecule has 3 heteroatoms. The minimum Gasteiger partial charge on any atom is -0.355 e. The van der Waals surface area contributed by atoms with Gasteiger partial charge in [-0.25, -0.2) is 0 Å². The highest BCUT2D eigenvalue weighted by Gasteiger charge is 2.03. The van der Waals surface area contributed by atoms with Gasteiger partial charge in [-0.15, -0.1) is 0 Å². The Kier molecular flexibility index (Phi) is 5.16. The number of hydrogen-bond acceptors (Lipinski definition) is 2. The van der Waals surface area contributed by atoms with Gasteiger partial charge >= 0.3 is 0 Å². The quantitative estimate of drug-likeness (QED) is 0.816. The van der Waals surface area contributed by atoms with Gasteiger partial charge in [0, 0.05) is 13.1 Å². The molecule has 0 spiro atoms. The summed E-state index contributed by atoms with van der Waals surface area (Å²) in [4.78, 5) is 11.3. The molecular formula is C14H22N2O. The summed E-state index contributed by atoms with van der Waals surface area (Å²) in [5, 5.41) is 5.93. The van der Waals surface area contributed by atoms with Gasteiger partial charge in [-0.2, -0.15) is 0 Å². The Morgan fingerprint density at radius 1 is 1.12 bits per heavy atom. The van der Waals surface area contributed by atoms with Crippen molar-refractivity contribution in [1.82, 2.24) is 10.6 Å². The van der Waals surface area contributed by atoms with Crippen LogP contribution in [0.4, 0.5) is 0 Å². The van der Waals surface area contributed by atoms with Crippen molar-refractivity contribution in [3.63, 3.8) is 0 Å². The second kappa shape index (κ2) is 6.40. The van der Waals surface area contributed by atoms with Crippen molar-refractivity contribution in [2.45, 2.75) is 34.2 Å². The highest BCUT2D eigenvalue weighted by atomic mass is 16.1. The Hall–Kier alpha value is -1.35. The summed E-state index contributed by atoms with van der Waals surface area (Å²) in [5.74, 6) is 0.0500. The Balaban J connectivity index is 2.52. The van der Waals surface area contributed by atoms with E-state index in [1.807, 2.05) is 6.92 Å². The van der Waals surface area contributed by atoms with Crippen LogP contribution < -0.4 is 10.6 Å². The number of nitrogens with one attached hydrogen (secondary N) is 2. The summed E-state index contributed by atoms with van der Waals surface area (Å²) >= 11 is 0. The number of aryl methyl sites for hydroxylation is 3. The molecular weight excluding hydrogens is 212 g/mol. The lowest BCUT2D eigenvalue weighted by molar-refractivity contribution is -0.120. The number of likely N-dealkylation sites (N-methyl/N-ethyl adjacent to an activating group) is 1. The molecule has 2 N–H and O–H groups in total. The fourth-order valence-electron chi connectivity index (χ4n) is 1.78. The van der Waals surface area contributed by atoms with E-state index in [0.717, 1.165) is 6.54 Å². The summed E-state index contributed by atoms with van der Waals surface area (Å²) < 4.78 is 0. The smallest absolute Gasteiger partial charge is 0.233 e. The van der Waals surface area contributed by atoms with Crippen LogP contribution in [0.15, 0.2) is 12.1 Å². The number of benzene rings is 1. The molecule has 1 rings (SSSR count). The summed E-state index contributed by atoms with van der Waals surface area (Å²) in [6.07, 6.45) is 0. The van der Waals surface area contributed by atoms with Crippen molar-refractivity contribution in [2.24, 2.45) is 0 Å². The van der Waals surface area contributed by atoms with Crippen LogP contribution in [-0.4, -0.2) is 19.0 Å². The zero-order chi connectivity index (χ0) is 12.8. The van der Waals surface area contributed by atoms with Gasteiger partial charge in [-0.05, 0) is 49.9 Å². The fourth-order valence-corrected chi connectivity index (χ4v) is 1.78. The lowest BCUT2D eigenvalue weighted by Gasteiger charge is -2.10. The zero-order valence-corrected chi connectivity index (χ0v) is 11.2. The molecule has 0 fully saturated rings. The topological polar surface area (TPSA) is 41.1 Å². The van der Waals surface area contributed by atoms with E-state index in [0.29, 0.717) is 13.1 Å². The van der Waals surface area contributed by atoms with E-state index >= 15 is 0 Å². The van der Waals surface area contributed by atoms with Crippen LogP contribution in [0.1, 0.15) is 29.2 Å². The molecule has 0 aliphatic rings. The average molecular weight is 234 g/mol. The minimum absolute atomic E-state index is 0.0500. The van der Waals surface area contributed by atoms with Crippen molar-refractivity contribution in [3.05, 3.63) is 34.4 Å². The summed E-state index contributed by atoms with van der Waals surface area (Å²) in [6.45, 7) is 10.1. The summed E-state index contributed by atoms with van der Waals surface area (Å²) in [6, 6.07) is 4.38. The number of hydrogen-bond donors (Lipinski definition) is 2. The SMILES string of the molecule is CCNC(=O)CNCc1cc(C)c(C)cc1C. The van der Waals surface area contributed by atoms with E-state index in [9.17, 15) is 4.79 Å². The van der Waals surface area contributed by atoms with E-state index in [-0.39, 0.29) is 5.91 Å². The standard InChI is InChI=1S/C14H22N2O/c1-5-16-14(17)9-15-8-13-7-11(3)10(2)6-12(13)4/h6-7,15H,5,8-9H2,1-4H3,(H,16,17). The normalized spacial score (nSPS) is 10.4. The molecule has 0 saturated heterocycles. The average Bonchev–Trinajstić information content (AvgIpc) is 2.26. The Bertz CT molecular complexity index is 399. The van der Waals surface area contributed by atoms with Crippen LogP contribution in [0.2, 0.25) is 0 Å². The predicted molar refractivity (Wildman–Crippen MR) is 71.0 cm³/mol. The molecule has 17 heavy (non-hydrogen) atoms. The molecule has 1 aromatic carbocycles. The summed E-state index contributed by atoms with van der Waals surface area (Å²) in [5.41, 5.74) is 5.15. The third-order valence-electron chi connectivity index (χ3n) is 2.93. The Morgan fingerprint density at radius 2 is 1.76 bits per heavy atom. The molecule has 0 aliphatic heterocycles. The first-order chi connectivity index (χ1) is 8.04. The van der Waals surface area contributed by atoms with Gasteiger partial charge in [0.15, 0.2) is 0 Å². The maximum Gasteiger partial charge on any atom is 0.233 e. The molecule has 0 aromatic heterocycles. The van der Waals surface area contributed by atoms with E-state index in [2.05, 4.69) is 43.5 Å². The molecule has 1 aromatic rings. The predicted octanol–water partition coefficient (Wildman–Crippen LogP) is 1.84. The van der Waals surface area contributed by atoms with E-state index in [1.165, 1.54) is 22.3 Å². The second-order valence-corrected chi connectivity index (χ2v) is 4.42. The minimum atomic E-state index is 0.0500. The molecule has 0 bridgehead atoms. The van der Waals surface area contributed by atoms with Gasteiger partial charge in [-0.1, -0.05) is 12.1 Å². The third kappa shape index (κ3) is 4.19. The Labute approximate surface area is 104 Å². The van der Waals surface area contributed by atoms with Gasteiger partial charge < -0.3 is 10.6 Å². The number of amides is 1. The van der Waals surface area contributed by atoms with Crippen molar-refractivity contribution >= 4 is 5.91 Å². The van der Waals surface area contributed by atoms with Crippen LogP contribution in [-0.2, 0) is 11.3 Å². The monoisotopic (exact) mass is 234 g/mol. The maximum atomic E-state index is 11.3. The van der Waals surface area contributed by atoms with Crippen molar-refractivity contribution in [1.29, 1.82) is 0 Å². The molecule has 0 aliphatic carbocycles. The first-order valence-corrected chi connectivity index (χ1v) is 6.08. The number of carbonyl (C=O) groups is 1. The van der Waals surface area contributed by atoms with Crippen LogP contribution in [0, 0.1) is 20.8 Å². The second-order valence-electron chi connectivity index (χ2n) is 4.42. The molecule has 1 amide bonds. The lowest BCUT2D eigenvalue weighted by Crippen LogP contribution is -2.33. The van der Waals surface area contributed by atoms with Gasteiger partial charge in [0.05, 0.1) is 6.54 Å². The summed E-state index contributed by atoms with van der Waals surface area (Å²) in [7, 11) is 0. The highest BCUT2D eigenvalue weighted by Crippen LogP contribution is 2.14. The molecule has 0 atom stereocenters. The molecule has 0 unspecified atom stereocenters. The zero-order valence-electron chi connectivity index (χ0n) is 11.2. The van der Waals surface area contributed by atoms with E-state index in [1.54, 1.807) is 0 Å². The number of rotatable bonds is 5. The van der Waals surface area contributed by atoms with E-state index < -0.39 is 0 Å². The largest absolute Gasteiger partial charge is 0.355 e. The fraction of sp³-hybridized carbons (Fsp3) is 0.500. The van der Waals surface area contributed by atoms with Gasteiger partial charge in [0.1, 0.15) is 0 Å². The Morgan fingerprint density at radius 3 is 2.41 bits per heavy atom. The molecule has 0 radical (unpaired) electrons. The van der Waals surface area contributed by atoms with Gasteiger partial charge in [0.2, 0.25) is 5.91 Å². The maximum absolute atomic E-state index is 11.3. The van der Waals surface area contributed by atoms with Gasteiger partial charge in [0.25, 0.3) is 0 Å². The van der Waals surface area contributed by atoms with Crippen molar-refractivity contribution < 1.29 is 4.79 Å².